The van der Waals surface area contributed by atoms with Crippen LogP contribution in [0, 0.1) is 0 Å². The van der Waals surface area contributed by atoms with Crippen LogP contribution in [-0.4, -0.2) is 104 Å². The fourth-order valence-corrected chi connectivity index (χ4v) is 9.58. The number of phenols is 2. The average molecular weight is 822 g/mol. The number of carbonyl (C=O) groups is 2. The zero-order valence-electron chi connectivity index (χ0n) is 30.3. The number of nitrogens with two attached hydrogens (primary N) is 1. The van der Waals surface area contributed by atoms with Gasteiger partial charge in [0.2, 0.25) is 5.78 Å². The molecule has 1 aliphatic heterocycles. The average Bonchev–Trinajstić information content (AvgIpc) is 3.16. The normalized spacial score (nSPS) is 26.1. The highest BCUT2D eigenvalue weighted by atomic mass is 35.5. The van der Waals surface area contributed by atoms with Gasteiger partial charge in [0.15, 0.2) is 12.1 Å². The summed E-state index contributed by atoms with van der Waals surface area (Å²) in [5.41, 5.74) is 2.94. The van der Waals surface area contributed by atoms with E-state index in [9.17, 15) is 34.6 Å². The highest BCUT2D eigenvalue weighted by Gasteiger charge is 2.49. The van der Waals surface area contributed by atoms with Gasteiger partial charge in [0.05, 0.1) is 47.8 Å². The first-order valence-electron chi connectivity index (χ1n) is 17.6. The molecule has 0 amide bonds. The van der Waals surface area contributed by atoms with Gasteiger partial charge in [-0.25, -0.2) is 14.4 Å². The molecule has 0 radical (unpaired) electrons. The number of hydrazone groups is 1. The maximum Gasteiger partial charge on any atom is 0.435 e. The van der Waals surface area contributed by atoms with Crippen molar-refractivity contribution in [3.63, 3.8) is 0 Å². The Hall–Kier alpha value is -3.76. The number of hydrogen-bond donors (Lipinski definition) is 6. The van der Waals surface area contributed by atoms with Gasteiger partial charge in [-0.2, -0.15) is 5.10 Å². The number of phenolic OH excluding ortho intramolecular Hbond substituents is 2. The molecular weight excluding hydrogens is 778 g/mol. The molecule has 1 saturated heterocycles. The van der Waals surface area contributed by atoms with Gasteiger partial charge in [-0.1, -0.05) is 30.3 Å². The number of halogens is 2. The number of alkyl halides is 2. The molecule has 0 bridgehead atoms. The molecule has 6 rings (SSSR count). The maximum absolute atomic E-state index is 14.5. The highest BCUT2D eigenvalue weighted by molar-refractivity contribution is 7.54. The van der Waals surface area contributed by atoms with E-state index in [0.29, 0.717) is 0 Å². The fourth-order valence-electron chi connectivity index (χ4n) is 7.24. The summed E-state index contributed by atoms with van der Waals surface area (Å²) < 4.78 is 39.5. The number of rotatable bonds is 13. The standard InChI is InChI=1S/C37H43Cl2N4O11P/c1-19-32(44)24(40)16-27(52-19)53-26-18-37(49,20(2)41-42-55(50,43(14-12-38)15-13-39)54-21-8-5-4-6-9-21)17-23-29(26)36(48)31-30(34(23)46)33(45)22-10-7-11-25(51-3)28(22)35(31)47/h4-11,19,24,26-27,32,44,46,48-49H,12-18,40H2,1-3H3,(H,42,50)/b41-20-/t19-,24-,26-,27-,32+,37-,55?/m0/s1. The predicted octanol–water partition coefficient (Wildman–Crippen LogP) is 4.37. The van der Waals surface area contributed by atoms with E-state index in [1.807, 2.05) is 0 Å². The van der Waals surface area contributed by atoms with Gasteiger partial charge in [-0.3, -0.25) is 9.59 Å². The number of nitrogens with one attached hydrogen (secondary N) is 1. The Labute approximate surface area is 327 Å². The van der Waals surface area contributed by atoms with Crippen molar-refractivity contribution < 1.29 is 53.3 Å². The number of benzene rings is 3. The first-order valence-corrected chi connectivity index (χ1v) is 20.2. The lowest BCUT2D eigenvalue weighted by molar-refractivity contribution is -0.245. The van der Waals surface area contributed by atoms with Crippen LogP contribution in [0.2, 0.25) is 0 Å². The third-order valence-corrected chi connectivity index (χ3v) is 12.5. The second kappa shape index (κ2) is 16.4. The van der Waals surface area contributed by atoms with E-state index in [-0.39, 0.29) is 77.2 Å². The van der Waals surface area contributed by atoms with E-state index in [2.05, 4.69) is 10.3 Å². The van der Waals surface area contributed by atoms with Crippen LogP contribution in [0.1, 0.15) is 75.8 Å². The molecule has 3 aliphatic rings. The second-order valence-electron chi connectivity index (χ2n) is 13.6. The summed E-state index contributed by atoms with van der Waals surface area (Å²) in [6.45, 7) is 3.26. The maximum atomic E-state index is 14.5. The lowest BCUT2D eigenvalue weighted by atomic mass is 9.72. The van der Waals surface area contributed by atoms with Crippen molar-refractivity contribution in [3.05, 3.63) is 81.9 Å². The molecule has 2 aliphatic carbocycles. The lowest BCUT2D eigenvalue weighted by Gasteiger charge is -2.43. The SMILES string of the molecule is COc1cccc2c1C(=O)c1c(O)c3c(c(O)c1C2=O)C[C@@](O)(/C(C)=N\NP(=O)(Oc1ccccc1)N(CCCl)CCCl)C[C@@H]3O[C@H]1C[C@H](N)[C@H](O)[C@H](C)O1. The molecule has 3 aromatic rings. The molecule has 296 valence electrons. The minimum absolute atomic E-state index is 0.0149. The largest absolute Gasteiger partial charge is 0.507 e. The van der Waals surface area contributed by atoms with E-state index in [1.54, 1.807) is 37.3 Å². The number of nitrogens with zero attached hydrogens (tertiary/aromatic N) is 2. The van der Waals surface area contributed by atoms with Crippen LogP contribution in [0.4, 0.5) is 0 Å². The zero-order valence-corrected chi connectivity index (χ0v) is 32.7. The van der Waals surface area contributed by atoms with Gasteiger partial charge in [0, 0.05) is 66.8 Å². The summed E-state index contributed by atoms with van der Waals surface area (Å²) >= 11 is 12.1. The summed E-state index contributed by atoms with van der Waals surface area (Å²) in [6, 6.07) is 12.0. The van der Waals surface area contributed by atoms with Gasteiger partial charge in [-0.05, 0) is 32.0 Å². The highest BCUT2D eigenvalue weighted by Crippen LogP contribution is 2.53. The zero-order chi connectivity index (χ0) is 39.8. The number of para-hydroxylation sites is 1. The Morgan fingerprint density at radius 3 is 2.36 bits per heavy atom. The minimum Gasteiger partial charge on any atom is -0.507 e. The van der Waals surface area contributed by atoms with Crippen molar-refractivity contribution in [3.8, 4) is 23.0 Å². The molecule has 1 heterocycles. The van der Waals surface area contributed by atoms with Crippen LogP contribution in [0.15, 0.2) is 53.6 Å². The number of ketones is 2. The van der Waals surface area contributed by atoms with Gasteiger partial charge < -0.3 is 44.9 Å². The first-order chi connectivity index (χ1) is 26.2. The third-order valence-electron chi connectivity index (χ3n) is 10.2. The molecule has 0 saturated carbocycles. The van der Waals surface area contributed by atoms with Crippen LogP contribution in [-0.2, 0) is 20.5 Å². The summed E-state index contributed by atoms with van der Waals surface area (Å²) in [5.74, 6) is -2.29. The molecule has 7 atom stereocenters. The molecule has 0 spiro atoms. The molecule has 18 heteroatoms. The number of aliphatic hydroxyl groups excluding tert-OH is 1. The molecule has 15 nitrogen and oxygen atoms in total. The Kier molecular flexibility index (Phi) is 12.2. The van der Waals surface area contributed by atoms with Crippen molar-refractivity contribution in [2.24, 2.45) is 10.8 Å². The monoisotopic (exact) mass is 820 g/mol. The van der Waals surface area contributed by atoms with E-state index in [4.69, 9.17) is 47.7 Å². The molecule has 55 heavy (non-hydrogen) atoms. The van der Waals surface area contributed by atoms with Gasteiger partial charge in [-0.15, -0.1) is 23.2 Å². The summed E-state index contributed by atoms with van der Waals surface area (Å²) in [7, 11) is -2.75. The van der Waals surface area contributed by atoms with Gasteiger partial charge in [0.1, 0.15) is 28.6 Å². The van der Waals surface area contributed by atoms with Crippen molar-refractivity contribution in [1.82, 2.24) is 9.87 Å². The summed E-state index contributed by atoms with van der Waals surface area (Å²) in [4.78, 5) is 28.0. The summed E-state index contributed by atoms with van der Waals surface area (Å²) in [6.07, 6.45) is -4.89. The quantitative estimate of drug-likeness (QED) is 0.0363. The topological polar surface area (TPSA) is 223 Å². The Balaban J connectivity index is 1.45. The molecule has 1 unspecified atom stereocenters. The molecule has 0 aromatic heterocycles. The van der Waals surface area contributed by atoms with Gasteiger partial charge >= 0.3 is 7.67 Å². The van der Waals surface area contributed by atoms with Crippen molar-refractivity contribution in [2.75, 3.05) is 32.0 Å². The van der Waals surface area contributed by atoms with Crippen molar-refractivity contribution in [2.45, 2.75) is 69.4 Å². The smallest absolute Gasteiger partial charge is 0.435 e. The number of hydrogen-bond acceptors (Lipinski definition) is 13. The lowest BCUT2D eigenvalue weighted by Crippen LogP contribution is -2.52. The molecular formula is C37H43Cl2N4O11P. The van der Waals surface area contributed by atoms with Crippen molar-refractivity contribution in [1.29, 1.82) is 0 Å². The number of ether oxygens (including phenoxy) is 3. The van der Waals surface area contributed by atoms with Crippen LogP contribution in [0.3, 0.4) is 0 Å². The Morgan fingerprint density at radius 2 is 1.73 bits per heavy atom. The van der Waals surface area contributed by atoms with Crippen LogP contribution in [0.5, 0.6) is 23.0 Å². The minimum atomic E-state index is -4.09. The molecule has 1 fully saturated rings. The predicted molar refractivity (Wildman–Crippen MR) is 204 cm³/mol. The van der Waals surface area contributed by atoms with Crippen LogP contribution in [0.25, 0.3) is 0 Å². The number of aromatic hydroxyl groups is 2. The number of methoxy groups -OCH3 is 1. The first kappa shape index (κ1) is 40.9. The van der Waals surface area contributed by atoms with E-state index < -0.39 is 84.5 Å². The van der Waals surface area contributed by atoms with E-state index in [1.165, 1.54) is 36.9 Å². The molecule has 7 N–H and O–H groups in total. The van der Waals surface area contributed by atoms with Crippen LogP contribution < -0.4 is 20.2 Å². The Morgan fingerprint density at radius 1 is 1.05 bits per heavy atom. The molecule has 3 aromatic carbocycles. The Bertz CT molecular complexity index is 2020. The van der Waals surface area contributed by atoms with Crippen LogP contribution >= 0.6 is 30.9 Å². The van der Waals surface area contributed by atoms with Gasteiger partial charge in [0.25, 0.3) is 0 Å². The summed E-state index contributed by atoms with van der Waals surface area (Å²) in [5, 5.41) is 53.7. The number of carbonyl (C=O) groups excluding carboxylic acids is 2. The van der Waals surface area contributed by atoms with Crippen molar-refractivity contribution >= 4 is 48.2 Å². The second-order valence-corrected chi connectivity index (χ2v) is 16.4. The third kappa shape index (κ3) is 7.70. The van der Waals surface area contributed by atoms with E-state index >= 15 is 0 Å². The number of fused-ring (bicyclic) bond motifs is 3. The number of aliphatic hydroxyl groups is 2. The van der Waals surface area contributed by atoms with E-state index in [0.717, 1.165) is 0 Å². The fraction of sp³-hybridized carbons (Fsp3) is 0.432.